The Morgan fingerprint density at radius 3 is 1.74 bits per heavy atom. The van der Waals surface area contributed by atoms with Crippen LogP contribution in [-0.2, 0) is 14.3 Å². The molecule has 0 saturated carbocycles. The first-order valence-electron chi connectivity index (χ1n) is 11.2. The van der Waals surface area contributed by atoms with Gasteiger partial charge in [0.1, 0.15) is 0 Å². The molecule has 0 aliphatic carbocycles. The van der Waals surface area contributed by atoms with Crippen LogP contribution in [0.15, 0.2) is 12.3 Å². The molecule has 0 fully saturated rings. The number of ether oxygens (including phenoxy) is 1. The van der Waals surface area contributed by atoms with Crippen LogP contribution in [0.2, 0.25) is 0 Å². The number of unbranched alkanes of at least 4 members (excludes halogenated alkanes) is 14. The number of hydrogen-bond acceptors (Lipinski definition) is 3. The molecule has 0 heterocycles. The van der Waals surface area contributed by atoms with Crippen molar-refractivity contribution in [1.29, 1.82) is 0 Å². The molecule has 1 N–H and O–H groups in total. The van der Waals surface area contributed by atoms with E-state index in [1.165, 1.54) is 51.4 Å². The fourth-order valence-electron chi connectivity index (χ4n) is 3.08. The summed E-state index contributed by atoms with van der Waals surface area (Å²) in [5, 5.41) is 8.55. The number of carboxylic acid groups (broad SMARTS) is 1. The van der Waals surface area contributed by atoms with Crippen molar-refractivity contribution in [1.82, 2.24) is 0 Å². The van der Waals surface area contributed by atoms with E-state index in [4.69, 9.17) is 9.84 Å². The minimum atomic E-state index is -0.700. The van der Waals surface area contributed by atoms with Crippen LogP contribution >= 0.6 is 0 Å². The minimum absolute atomic E-state index is 0.125. The molecule has 4 heteroatoms. The number of allylic oxidation sites excluding steroid dienone is 1. The van der Waals surface area contributed by atoms with E-state index >= 15 is 0 Å². The molecule has 0 radical (unpaired) electrons. The summed E-state index contributed by atoms with van der Waals surface area (Å²) in [7, 11) is 0. The highest BCUT2D eigenvalue weighted by molar-refractivity contribution is 5.69. The molecule has 0 bridgehead atoms. The van der Waals surface area contributed by atoms with Crippen molar-refractivity contribution in [3.05, 3.63) is 12.3 Å². The van der Waals surface area contributed by atoms with E-state index < -0.39 is 5.97 Å². The summed E-state index contributed by atoms with van der Waals surface area (Å²) < 4.78 is 5.13. The van der Waals surface area contributed by atoms with Gasteiger partial charge in [0.05, 0.1) is 6.26 Å². The predicted octanol–water partition coefficient (Wildman–Crippen LogP) is 7.17. The van der Waals surface area contributed by atoms with E-state index in [-0.39, 0.29) is 12.4 Å². The zero-order valence-electron chi connectivity index (χ0n) is 17.6. The first-order chi connectivity index (χ1) is 13.2. The lowest BCUT2D eigenvalue weighted by Gasteiger charge is -2.02. The largest absolute Gasteiger partial charge is 0.481 e. The third-order valence-corrected chi connectivity index (χ3v) is 4.79. The maximum Gasteiger partial charge on any atom is 0.310 e. The molecule has 158 valence electrons. The van der Waals surface area contributed by atoms with Gasteiger partial charge in [0, 0.05) is 12.8 Å². The van der Waals surface area contributed by atoms with E-state index in [1.807, 2.05) is 6.08 Å². The van der Waals surface area contributed by atoms with Crippen molar-refractivity contribution in [2.75, 3.05) is 0 Å². The van der Waals surface area contributed by atoms with Gasteiger partial charge in [0.15, 0.2) is 0 Å². The molecule has 0 aliphatic heterocycles. The van der Waals surface area contributed by atoms with Gasteiger partial charge in [0.2, 0.25) is 0 Å². The Hall–Kier alpha value is -1.32. The minimum Gasteiger partial charge on any atom is -0.481 e. The van der Waals surface area contributed by atoms with Crippen LogP contribution in [0, 0.1) is 0 Å². The van der Waals surface area contributed by atoms with Gasteiger partial charge < -0.3 is 9.84 Å². The zero-order chi connectivity index (χ0) is 20.0. The summed E-state index contributed by atoms with van der Waals surface area (Å²) in [4.78, 5) is 22.0. The highest BCUT2D eigenvalue weighted by Gasteiger charge is 2.01. The van der Waals surface area contributed by atoms with Crippen molar-refractivity contribution in [3.8, 4) is 0 Å². The van der Waals surface area contributed by atoms with Crippen LogP contribution in [0.3, 0.4) is 0 Å². The van der Waals surface area contributed by atoms with Gasteiger partial charge in [-0.3, -0.25) is 9.59 Å². The van der Waals surface area contributed by atoms with E-state index in [9.17, 15) is 9.59 Å². The Kier molecular flexibility index (Phi) is 20.0. The fourth-order valence-corrected chi connectivity index (χ4v) is 3.08. The summed E-state index contributed by atoms with van der Waals surface area (Å²) in [6, 6.07) is 0. The monoisotopic (exact) mass is 382 g/mol. The summed E-state index contributed by atoms with van der Waals surface area (Å²) >= 11 is 0. The highest BCUT2D eigenvalue weighted by atomic mass is 16.5. The lowest BCUT2D eigenvalue weighted by atomic mass is 10.1. The van der Waals surface area contributed by atoms with Crippen molar-refractivity contribution >= 4 is 11.9 Å². The molecule has 0 aliphatic rings. The third-order valence-electron chi connectivity index (χ3n) is 4.79. The van der Waals surface area contributed by atoms with Crippen LogP contribution in [0.1, 0.15) is 122 Å². The van der Waals surface area contributed by atoms with Crippen molar-refractivity contribution in [2.24, 2.45) is 0 Å². The first kappa shape index (κ1) is 25.7. The van der Waals surface area contributed by atoms with Crippen LogP contribution in [-0.4, -0.2) is 17.0 Å². The van der Waals surface area contributed by atoms with Crippen LogP contribution in [0.4, 0.5) is 0 Å². The Bertz CT molecular complexity index is 377. The average Bonchev–Trinajstić information content (AvgIpc) is 2.64. The lowest BCUT2D eigenvalue weighted by molar-refractivity contribution is -0.138. The summed E-state index contributed by atoms with van der Waals surface area (Å²) in [6.45, 7) is 2.24. The highest BCUT2D eigenvalue weighted by Crippen LogP contribution is 2.11. The van der Waals surface area contributed by atoms with Gasteiger partial charge in [0.25, 0.3) is 0 Å². The Labute approximate surface area is 166 Å². The molecule has 0 aromatic rings. The second-order valence-corrected chi connectivity index (χ2v) is 7.49. The molecule has 0 amide bonds. The van der Waals surface area contributed by atoms with Crippen LogP contribution in [0.25, 0.3) is 0 Å². The molecular weight excluding hydrogens is 340 g/mol. The summed E-state index contributed by atoms with van der Waals surface area (Å²) in [5.41, 5.74) is 0. The van der Waals surface area contributed by atoms with E-state index in [1.54, 1.807) is 6.26 Å². The van der Waals surface area contributed by atoms with E-state index in [2.05, 4.69) is 6.92 Å². The van der Waals surface area contributed by atoms with Gasteiger partial charge >= 0.3 is 11.9 Å². The zero-order valence-corrected chi connectivity index (χ0v) is 17.6. The Morgan fingerprint density at radius 1 is 0.704 bits per heavy atom. The molecule has 0 unspecified atom stereocenters. The van der Waals surface area contributed by atoms with E-state index in [0.29, 0.717) is 6.42 Å². The number of carboxylic acids is 1. The number of aliphatic carboxylic acids is 1. The van der Waals surface area contributed by atoms with Crippen molar-refractivity contribution < 1.29 is 19.4 Å². The number of rotatable bonds is 20. The average molecular weight is 383 g/mol. The maximum absolute atomic E-state index is 11.6. The number of hydrogen-bond donors (Lipinski definition) is 1. The number of esters is 1. The lowest BCUT2D eigenvalue weighted by Crippen LogP contribution is -1.98. The fraction of sp³-hybridized carbons (Fsp3) is 0.826. The van der Waals surface area contributed by atoms with Crippen LogP contribution < -0.4 is 0 Å². The molecule has 0 saturated heterocycles. The first-order valence-corrected chi connectivity index (χ1v) is 11.2. The SMILES string of the molecule is CCCCCCCCCC=COC(=O)CCCCCCCCCCC(=O)O. The van der Waals surface area contributed by atoms with Gasteiger partial charge in [-0.05, 0) is 31.8 Å². The normalized spacial score (nSPS) is 11.1. The van der Waals surface area contributed by atoms with Gasteiger partial charge in [-0.25, -0.2) is 0 Å². The molecule has 4 nitrogen and oxygen atoms in total. The Morgan fingerprint density at radius 2 is 1.19 bits per heavy atom. The molecule has 27 heavy (non-hydrogen) atoms. The molecular formula is C23H42O4. The molecule has 0 atom stereocenters. The smallest absolute Gasteiger partial charge is 0.310 e. The topological polar surface area (TPSA) is 63.6 Å². The molecule has 0 rings (SSSR count). The standard InChI is InChI=1S/C23H42O4/c1-2-3-4-5-6-9-12-15-18-21-27-23(26)20-17-14-11-8-7-10-13-16-19-22(24)25/h18,21H,2-17,19-20H2,1H3,(H,24,25). The van der Waals surface area contributed by atoms with E-state index in [0.717, 1.165) is 51.4 Å². The molecule has 0 aromatic carbocycles. The third kappa shape index (κ3) is 22.6. The number of carbonyl (C=O) groups is 2. The molecule has 0 aromatic heterocycles. The van der Waals surface area contributed by atoms with Gasteiger partial charge in [-0.2, -0.15) is 0 Å². The second kappa shape index (κ2) is 21.0. The van der Waals surface area contributed by atoms with Crippen molar-refractivity contribution in [2.45, 2.75) is 122 Å². The van der Waals surface area contributed by atoms with Crippen molar-refractivity contribution in [3.63, 3.8) is 0 Å². The maximum atomic E-state index is 11.6. The quantitative estimate of drug-likeness (QED) is 0.138. The summed E-state index contributed by atoms with van der Waals surface area (Å²) in [6.07, 6.45) is 22.7. The Balaban J connectivity index is 3.26. The van der Waals surface area contributed by atoms with Gasteiger partial charge in [-0.15, -0.1) is 0 Å². The van der Waals surface area contributed by atoms with Gasteiger partial charge in [-0.1, -0.05) is 84.0 Å². The second-order valence-electron chi connectivity index (χ2n) is 7.49. The molecule has 0 spiro atoms. The predicted molar refractivity (Wildman–Crippen MR) is 112 cm³/mol. The summed E-state index contributed by atoms with van der Waals surface area (Å²) in [5.74, 6) is -0.825. The van der Waals surface area contributed by atoms with Crippen LogP contribution in [0.5, 0.6) is 0 Å². The number of carbonyl (C=O) groups excluding carboxylic acids is 1.